The number of hydrogen-bond acceptors (Lipinski definition) is 4. The largest absolute Gasteiger partial charge is 3.00 e. The van der Waals surface area contributed by atoms with E-state index in [0.29, 0.717) is 5.69 Å². The maximum Gasteiger partial charge on any atom is 3.00 e. The molecule has 0 bridgehead atoms. The number of nitrogens with zero attached hydrogens (tertiary/aromatic N) is 4. The summed E-state index contributed by atoms with van der Waals surface area (Å²) in [6.07, 6.45) is 3.50. The van der Waals surface area contributed by atoms with E-state index < -0.39 is 25.9 Å². The third-order valence-corrected chi connectivity index (χ3v) is 17.3. The van der Waals surface area contributed by atoms with E-state index in [4.69, 9.17) is 14.4 Å². The Morgan fingerprint density at radius 3 is 2.19 bits per heavy atom. The number of anilines is 2. The van der Waals surface area contributed by atoms with Gasteiger partial charge in [0.25, 0.3) is 0 Å². The van der Waals surface area contributed by atoms with Crippen molar-refractivity contribution in [1.29, 1.82) is 0 Å². The number of pyridine rings is 2. The average molecular weight is 1080 g/mol. The van der Waals surface area contributed by atoms with Crippen LogP contribution in [0, 0.1) is 24.8 Å². The van der Waals surface area contributed by atoms with E-state index in [1.54, 1.807) is 23.6 Å². The van der Waals surface area contributed by atoms with Crippen LogP contribution in [0.3, 0.4) is 0 Å². The molecule has 11 rings (SSSR count). The van der Waals surface area contributed by atoms with Gasteiger partial charge in [-0.15, -0.1) is 16.6 Å². The first-order chi connectivity index (χ1) is 31.1. The molecular weight excluding hydrogens is 1030 g/mol. The smallest absolute Gasteiger partial charge is 3.00 e. The first-order valence-corrected chi connectivity index (χ1v) is 29.1. The number of halogens is 1. The fraction of sp³-hybridized carbons (Fsp3) is 0.164. The molecule has 0 spiro atoms. The van der Waals surface area contributed by atoms with Crippen LogP contribution in [-0.2, 0) is 25.5 Å². The van der Waals surface area contributed by atoms with Gasteiger partial charge in [-0.05, 0) is 62.3 Å². The summed E-state index contributed by atoms with van der Waals surface area (Å²) in [6, 6.07) is 52.2. The molecule has 4 heterocycles. The minimum absolute atomic E-state index is 0. The van der Waals surface area contributed by atoms with E-state index in [1.165, 1.54) is 64.5 Å². The maximum absolute atomic E-state index is 14.4. The normalized spacial score (nSPS) is 14.7. The molecule has 0 fully saturated rings. The Morgan fingerprint density at radius 1 is 0.730 bits per heavy atom. The van der Waals surface area contributed by atoms with E-state index >= 15 is 0 Å². The predicted octanol–water partition coefficient (Wildman–Crippen LogP) is 15.4. The molecule has 312 valence electrons. The fourth-order valence-corrected chi connectivity index (χ4v) is 11.9. The van der Waals surface area contributed by atoms with Gasteiger partial charge in [-0.1, -0.05) is 104 Å². The van der Waals surface area contributed by atoms with Crippen molar-refractivity contribution in [2.24, 2.45) is 0 Å². The van der Waals surface area contributed by atoms with Gasteiger partial charge in [-0.3, -0.25) is 0 Å². The Labute approximate surface area is 393 Å². The molecule has 8 heteroatoms. The van der Waals surface area contributed by atoms with Crippen molar-refractivity contribution in [1.82, 2.24) is 9.97 Å². The second-order valence-electron chi connectivity index (χ2n) is 18.0. The van der Waals surface area contributed by atoms with Crippen LogP contribution in [0.4, 0.5) is 21.5 Å². The summed E-state index contributed by atoms with van der Waals surface area (Å²) in [5.41, 5.74) is 5.98. The molecule has 0 radical (unpaired) electrons. The second-order valence-corrected chi connectivity index (χ2v) is 29.7. The van der Waals surface area contributed by atoms with Gasteiger partial charge in [-0.25, -0.2) is 4.98 Å². The first-order valence-electron chi connectivity index (χ1n) is 22.4. The standard InChI is InChI=1S/C40H29N3S.C15H17FGeN.Ir/c1-40(2,3)26-16-18-27(19-17-26)43-34-22-21-30-28-11-6-4-9-24(28)15-20-31(30)36(34)42-38(43)33-14-8-13-32-35-29-12-7-5-10-25(29)23-41-39(35)44-37(32)33;1-11-6-5-7-13(15(11)16)14-9-8-12(10-18-14)17(2,3)4;/h4-13,15-23,38H,1-3H3;5-6,8-10H,1-4H3;/q-2;-1;+3/i;1D3;. The number of rotatable bonds is 4. The van der Waals surface area contributed by atoms with Crippen molar-refractivity contribution in [2.75, 3.05) is 4.90 Å². The molecule has 1 aliphatic rings. The Hall–Kier alpha value is -5.44. The zero-order chi connectivity index (χ0) is 45.4. The molecule has 63 heavy (non-hydrogen) atoms. The first kappa shape index (κ1) is 39.2. The molecule has 0 N–H and O–H groups in total. The minimum Gasteiger partial charge on any atom is 3.00 e. The summed E-state index contributed by atoms with van der Waals surface area (Å²) in [7, 11) is 0. The molecule has 1 atom stereocenters. The number of thiophene rings is 1. The van der Waals surface area contributed by atoms with Crippen LogP contribution in [0.5, 0.6) is 0 Å². The van der Waals surface area contributed by atoms with Gasteiger partial charge in [-0.2, -0.15) is 29.5 Å². The maximum atomic E-state index is 14.4. The Bertz CT molecular complexity index is 3450. The van der Waals surface area contributed by atoms with E-state index in [-0.39, 0.29) is 42.8 Å². The molecule has 0 aliphatic carbocycles. The van der Waals surface area contributed by atoms with Crippen LogP contribution < -0.4 is 9.30 Å². The molecule has 0 saturated carbocycles. The molecule has 1 unspecified atom stereocenters. The zero-order valence-electron chi connectivity index (χ0n) is 38.8. The van der Waals surface area contributed by atoms with Gasteiger partial charge < -0.3 is 10.2 Å². The van der Waals surface area contributed by atoms with E-state index in [9.17, 15) is 4.39 Å². The Kier molecular flexibility index (Phi) is 10.3. The van der Waals surface area contributed by atoms with Crippen molar-refractivity contribution < 1.29 is 28.6 Å². The number of aryl methyl sites for hydroxylation is 1. The zero-order valence-corrected chi connectivity index (χ0v) is 41.2. The molecule has 1 aliphatic heterocycles. The quantitative estimate of drug-likeness (QED) is 0.100. The average Bonchev–Trinajstić information content (AvgIpc) is 3.88. The molecule has 7 aromatic carbocycles. The summed E-state index contributed by atoms with van der Waals surface area (Å²) in [6.45, 7) is 4.30. The van der Waals surface area contributed by atoms with Crippen LogP contribution in [0.2, 0.25) is 17.3 Å². The third kappa shape index (κ3) is 7.73. The van der Waals surface area contributed by atoms with Gasteiger partial charge in [0.2, 0.25) is 0 Å². The van der Waals surface area contributed by atoms with Gasteiger partial charge in [0.1, 0.15) is 4.83 Å². The van der Waals surface area contributed by atoms with Crippen LogP contribution in [0.25, 0.3) is 69.2 Å². The van der Waals surface area contributed by atoms with Gasteiger partial charge >= 0.3 is 135 Å². The number of hydrogen-bond donors (Lipinski definition) is 0. The van der Waals surface area contributed by atoms with Crippen molar-refractivity contribution in [2.45, 2.75) is 56.5 Å². The Morgan fingerprint density at radius 2 is 1.46 bits per heavy atom. The number of fused-ring (bicyclic) bond motifs is 10. The van der Waals surface area contributed by atoms with Crippen molar-refractivity contribution in [3.63, 3.8) is 0 Å². The summed E-state index contributed by atoms with van der Waals surface area (Å²) in [5.74, 6) is 5.98. The van der Waals surface area contributed by atoms with Crippen LogP contribution in [0.15, 0.2) is 146 Å². The summed E-state index contributed by atoms with van der Waals surface area (Å²) in [5, 5.41) is 15.3. The molecule has 0 saturated heterocycles. The van der Waals surface area contributed by atoms with Crippen LogP contribution in [-0.4, -0.2) is 23.2 Å². The van der Waals surface area contributed by atoms with E-state index in [0.717, 1.165) is 32.8 Å². The third-order valence-electron chi connectivity index (χ3n) is 11.9. The topological polar surface area (TPSA) is 43.1 Å². The summed E-state index contributed by atoms with van der Waals surface area (Å²) < 4.78 is 38.8. The molecular formula is C55H46FGeIrN4S. The minimum atomic E-state index is -2.48. The Balaban J connectivity index is 0.000000211. The monoisotopic (exact) mass is 1080 g/mol. The molecule has 3 aromatic heterocycles. The van der Waals surface area contributed by atoms with Crippen LogP contribution >= 0.6 is 11.3 Å². The van der Waals surface area contributed by atoms with Gasteiger partial charge in [0.15, 0.2) is 0 Å². The van der Waals surface area contributed by atoms with Crippen molar-refractivity contribution >= 4 is 98.7 Å². The van der Waals surface area contributed by atoms with Crippen molar-refractivity contribution in [3.05, 3.63) is 186 Å². The molecule has 10 aromatic rings. The summed E-state index contributed by atoms with van der Waals surface area (Å²) >= 11 is -0.217. The second kappa shape index (κ2) is 16.6. The van der Waals surface area contributed by atoms with Gasteiger partial charge in [0, 0.05) is 28.3 Å². The fourth-order valence-electron chi connectivity index (χ4n) is 8.53. The molecule has 4 nitrogen and oxygen atoms in total. The van der Waals surface area contributed by atoms with E-state index in [1.807, 2.05) is 12.3 Å². The number of benzene rings is 7. The predicted molar refractivity (Wildman–Crippen MR) is 264 cm³/mol. The van der Waals surface area contributed by atoms with Crippen LogP contribution in [0.1, 0.15) is 47.7 Å². The van der Waals surface area contributed by atoms with Gasteiger partial charge in [0.05, 0.1) is 0 Å². The van der Waals surface area contributed by atoms with E-state index in [2.05, 4.69) is 169 Å². The summed E-state index contributed by atoms with van der Waals surface area (Å²) in [4.78, 5) is 12.6. The molecule has 0 amide bonds. The number of aromatic nitrogens is 2. The van der Waals surface area contributed by atoms with Crippen molar-refractivity contribution in [3.8, 4) is 11.3 Å². The SMILES string of the molecule is CC(C)(C)c1ccc(N2c3ccc4c(ccc5ccccc54)c3[N-]C2c2[c-]ccc3c2sc2ncc4ccccc4c23)cc1.[2H]C([2H])([2H])c1cc[c-]c(-c2cc[c]([Ge]([CH3])([CH3])[CH3])cn2)c1F.[Ir+3].